The smallest absolute Gasteiger partial charge is 0.0462 e. The van der Waals surface area contributed by atoms with Crippen LogP contribution in [-0.4, -0.2) is 0 Å². The fourth-order valence-corrected chi connectivity index (χ4v) is 7.50. The first kappa shape index (κ1) is 32.0. The number of fused-ring (bicyclic) bond motifs is 1. The summed E-state index contributed by atoms with van der Waals surface area (Å²) in [5.41, 5.74) is 15.5. The largest absolute Gasteiger partial charge is 0.311 e. The molecule has 0 saturated carbocycles. The lowest BCUT2D eigenvalue weighted by molar-refractivity contribution is 1.28. The Morgan fingerprint density at radius 3 is 1.34 bits per heavy atom. The Hall–Kier alpha value is -6.96. The van der Waals surface area contributed by atoms with Gasteiger partial charge in [-0.3, -0.25) is 0 Å². The van der Waals surface area contributed by atoms with Gasteiger partial charge in [0.1, 0.15) is 0 Å². The normalized spacial score (nSPS) is 11.0. The first-order chi connectivity index (χ1) is 26.3. The van der Waals surface area contributed by atoms with Gasteiger partial charge in [-0.15, -0.1) is 0 Å². The van der Waals surface area contributed by atoms with Crippen LogP contribution >= 0.6 is 0 Å². The van der Waals surface area contributed by atoms with Crippen molar-refractivity contribution < 1.29 is 0 Å². The van der Waals surface area contributed by atoms with Crippen LogP contribution in [0.1, 0.15) is 0 Å². The summed E-state index contributed by atoms with van der Waals surface area (Å²) in [5, 5.41) is 2.52. The van der Waals surface area contributed by atoms with Crippen molar-refractivity contribution in [1.82, 2.24) is 0 Å². The average molecular weight is 676 g/mol. The molecule has 9 aromatic carbocycles. The quantitative estimate of drug-likeness (QED) is 0.155. The summed E-state index contributed by atoms with van der Waals surface area (Å²) in [4.78, 5) is 2.33. The maximum Gasteiger partial charge on any atom is 0.0462 e. The Kier molecular flexibility index (Phi) is 8.66. The molecule has 9 rings (SSSR count). The number of nitrogens with zero attached hydrogens (tertiary/aromatic N) is 1. The molecule has 0 aliphatic heterocycles. The maximum absolute atomic E-state index is 2.33. The van der Waals surface area contributed by atoms with Crippen molar-refractivity contribution in [2.75, 3.05) is 4.90 Å². The topological polar surface area (TPSA) is 3.24 Å². The second-order valence-electron chi connectivity index (χ2n) is 13.3. The third-order valence-corrected chi connectivity index (χ3v) is 10.1. The van der Waals surface area contributed by atoms with Gasteiger partial charge in [-0.25, -0.2) is 0 Å². The summed E-state index contributed by atoms with van der Waals surface area (Å²) in [5.74, 6) is 0. The van der Waals surface area contributed by atoms with E-state index in [-0.39, 0.29) is 0 Å². The van der Waals surface area contributed by atoms with Crippen molar-refractivity contribution in [3.05, 3.63) is 224 Å². The Bertz CT molecular complexity index is 2620. The Morgan fingerprint density at radius 1 is 0.226 bits per heavy atom. The molecule has 0 fully saturated rings. The molecule has 0 amide bonds. The third-order valence-electron chi connectivity index (χ3n) is 10.1. The van der Waals surface area contributed by atoms with Gasteiger partial charge < -0.3 is 4.90 Å². The van der Waals surface area contributed by atoms with Crippen LogP contribution in [0.5, 0.6) is 0 Å². The van der Waals surface area contributed by atoms with Crippen LogP contribution in [-0.2, 0) is 0 Å². The zero-order valence-corrected chi connectivity index (χ0v) is 29.3. The van der Waals surface area contributed by atoms with Crippen molar-refractivity contribution in [2.24, 2.45) is 0 Å². The molecule has 0 N–H and O–H groups in total. The van der Waals surface area contributed by atoms with Gasteiger partial charge in [-0.1, -0.05) is 182 Å². The zero-order chi connectivity index (χ0) is 35.4. The number of hydrogen-bond acceptors (Lipinski definition) is 1. The monoisotopic (exact) mass is 675 g/mol. The van der Waals surface area contributed by atoms with Crippen molar-refractivity contribution in [1.29, 1.82) is 0 Å². The van der Waals surface area contributed by atoms with Crippen LogP contribution in [0.3, 0.4) is 0 Å². The van der Waals surface area contributed by atoms with Crippen LogP contribution < -0.4 is 4.90 Å². The van der Waals surface area contributed by atoms with E-state index < -0.39 is 0 Å². The summed E-state index contributed by atoms with van der Waals surface area (Å²) in [7, 11) is 0. The van der Waals surface area contributed by atoms with Crippen molar-refractivity contribution in [3.63, 3.8) is 0 Å². The molecule has 0 saturated heterocycles. The van der Waals surface area contributed by atoms with E-state index in [0.717, 1.165) is 17.1 Å². The molecule has 0 unspecified atom stereocenters. The van der Waals surface area contributed by atoms with E-state index in [2.05, 4.69) is 229 Å². The van der Waals surface area contributed by atoms with Gasteiger partial charge in [-0.05, 0) is 109 Å². The highest BCUT2D eigenvalue weighted by Gasteiger charge is 2.16. The molecule has 0 atom stereocenters. The van der Waals surface area contributed by atoms with E-state index in [0.29, 0.717) is 0 Å². The molecule has 0 radical (unpaired) electrons. The molecule has 0 bridgehead atoms. The van der Waals surface area contributed by atoms with E-state index in [1.54, 1.807) is 0 Å². The summed E-state index contributed by atoms with van der Waals surface area (Å²) < 4.78 is 0. The lowest BCUT2D eigenvalue weighted by Gasteiger charge is -2.26. The Labute approximate surface area is 311 Å². The lowest BCUT2D eigenvalue weighted by Crippen LogP contribution is -2.09. The Morgan fingerprint density at radius 2 is 0.660 bits per heavy atom. The predicted molar refractivity (Wildman–Crippen MR) is 226 cm³/mol. The fourth-order valence-electron chi connectivity index (χ4n) is 7.50. The average Bonchev–Trinajstić information content (AvgIpc) is 3.25. The van der Waals surface area contributed by atoms with Crippen molar-refractivity contribution in [3.8, 4) is 55.6 Å². The summed E-state index contributed by atoms with van der Waals surface area (Å²) in [6, 6.07) is 80.7. The molecule has 1 nitrogen and oxygen atoms in total. The van der Waals surface area contributed by atoms with Gasteiger partial charge in [0, 0.05) is 17.1 Å². The number of rotatable bonds is 8. The van der Waals surface area contributed by atoms with Crippen LogP contribution in [0.15, 0.2) is 224 Å². The minimum absolute atomic E-state index is 1.10. The lowest BCUT2D eigenvalue weighted by atomic mass is 9.91. The highest BCUT2D eigenvalue weighted by molar-refractivity contribution is 6.00. The van der Waals surface area contributed by atoms with Crippen molar-refractivity contribution >= 4 is 27.8 Å². The van der Waals surface area contributed by atoms with Gasteiger partial charge >= 0.3 is 0 Å². The zero-order valence-electron chi connectivity index (χ0n) is 29.3. The van der Waals surface area contributed by atoms with Gasteiger partial charge in [0.25, 0.3) is 0 Å². The fraction of sp³-hybridized carbons (Fsp3) is 0. The molecular weight excluding hydrogens is 639 g/mol. The van der Waals surface area contributed by atoms with Crippen molar-refractivity contribution in [2.45, 2.75) is 0 Å². The minimum Gasteiger partial charge on any atom is -0.311 e. The van der Waals surface area contributed by atoms with Gasteiger partial charge in [0.2, 0.25) is 0 Å². The molecule has 0 aliphatic rings. The number of hydrogen-bond donors (Lipinski definition) is 0. The second-order valence-corrected chi connectivity index (χ2v) is 13.3. The van der Waals surface area contributed by atoms with Crippen LogP contribution in [0, 0.1) is 0 Å². The molecule has 0 aromatic heterocycles. The first-order valence-electron chi connectivity index (χ1n) is 18.2. The molecule has 0 aliphatic carbocycles. The summed E-state index contributed by atoms with van der Waals surface area (Å²) >= 11 is 0. The number of benzene rings is 9. The number of anilines is 3. The second kappa shape index (κ2) is 14.3. The molecule has 250 valence electrons. The van der Waals surface area contributed by atoms with Gasteiger partial charge in [0.15, 0.2) is 0 Å². The molecule has 9 aromatic rings. The Balaban J connectivity index is 1.07. The predicted octanol–water partition coefficient (Wildman–Crippen LogP) is 14.6. The number of para-hydroxylation sites is 1. The maximum atomic E-state index is 2.33. The highest BCUT2D eigenvalue weighted by atomic mass is 15.1. The molecule has 53 heavy (non-hydrogen) atoms. The van der Waals surface area contributed by atoms with E-state index >= 15 is 0 Å². The van der Waals surface area contributed by atoms with Gasteiger partial charge in [0.05, 0.1) is 0 Å². The van der Waals surface area contributed by atoms with Crippen LogP contribution in [0.4, 0.5) is 17.1 Å². The molecule has 1 heteroatoms. The van der Waals surface area contributed by atoms with Crippen LogP contribution in [0.2, 0.25) is 0 Å². The molecule has 0 spiro atoms. The van der Waals surface area contributed by atoms with E-state index in [9.17, 15) is 0 Å². The van der Waals surface area contributed by atoms with Gasteiger partial charge in [-0.2, -0.15) is 0 Å². The van der Waals surface area contributed by atoms with E-state index in [1.165, 1.54) is 66.4 Å². The summed E-state index contributed by atoms with van der Waals surface area (Å²) in [6.45, 7) is 0. The SMILES string of the molecule is c1ccc(-c2ccc(-c3ccc(N(c4ccccc4)c4ccc(-c5ccccc5-c5cccc6ccccc56)cc4)cc3)cc2-c2ccccc2)cc1. The molecule has 0 heterocycles. The summed E-state index contributed by atoms with van der Waals surface area (Å²) in [6.07, 6.45) is 0. The standard InChI is InChI=1S/C52H37N/c1-4-15-39(16-5-1)49-36-31-43(37-52(49)41-17-6-2-7-18-41)38-27-32-45(33-28-38)53(44-21-8-3-9-22-44)46-34-29-42(30-35-46)48-24-12-13-25-50(48)51-26-14-20-40-19-10-11-23-47(40)51/h1-37H. The van der Waals surface area contributed by atoms with E-state index in [4.69, 9.17) is 0 Å². The van der Waals surface area contributed by atoms with E-state index in [1.807, 2.05) is 0 Å². The minimum atomic E-state index is 1.10. The third kappa shape index (κ3) is 6.42. The molecular formula is C52H37N. The highest BCUT2D eigenvalue weighted by Crippen LogP contribution is 2.41. The first-order valence-corrected chi connectivity index (χ1v) is 18.2. The van der Waals surface area contributed by atoms with Crippen LogP contribution in [0.25, 0.3) is 66.4 Å².